The number of benzene rings is 1. The van der Waals surface area contributed by atoms with Crippen molar-refractivity contribution >= 4 is 29.0 Å². The molecule has 0 saturated carbocycles. The smallest absolute Gasteiger partial charge is 0.340 e. The number of amides is 1. The van der Waals surface area contributed by atoms with E-state index in [9.17, 15) is 18.0 Å². The number of aromatic nitrogens is 2. The van der Waals surface area contributed by atoms with Crippen LogP contribution < -0.4 is 5.32 Å². The van der Waals surface area contributed by atoms with Crippen molar-refractivity contribution in [3.8, 4) is 0 Å². The van der Waals surface area contributed by atoms with E-state index in [2.05, 4.69) is 15.3 Å². The molecule has 1 amide bonds. The standard InChI is InChI=1S/C17H16ClF3N4O/c1-10-22-14(16(26)25-6-2-3-7-25)9-15(23-10)24-11-4-5-13(18)12(8-11)17(19,20)21/h4-5,8-9H,2-3,6-7H2,1H3,(H,22,23,24). The van der Waals surface area contributed by atoms with E-state index in [1.165, 1.54) is 12.1 Å². The van der Waals surface area contributed by atoms with Crippen LogP contribution in [0.1, 0.15) is 34.7 Å². The molecule has 0 bridgehead atoms. The van der Waals surface area contributed by atoms with Crippen molar-refractivity contribution in [3.63, 3.8) is 0 Å². The highest BCUT2D eigenvalue weighted by Crippen LogP contribution is 2.36. The third-order valence-electron chi connectivity index (χ3n) is 3.99. The topological polar surface area (TPSA) is 58.1 Å². The number of halogens is 4. The van der Waals surface area contributed by atoms with Crippen molar-refractivity contribution in [3.05, 3.63) is 46.4 Å². The SMILES string of the molecule is Cc1nc(Nc2ccc(Cl)c(C(F)(F)F)c2)cc(C(=O)N2CCCC2)n1. The monoisotopic (exact) mass is 384 g/mol. The lowest BCUT2D eigenvalue weighted by molar-refractivity contribution is -0.137. The van der Waals surface area contributed by atoms with Crippen LogP contribution in [0.15, 0.2) is 24.3 Å². The summed E-state index contributed by atoms with van der Waals surface area (Å²) in [6.45, 7) is 2.97. The Balaban J connectivity index is 1.87. The first-order valence-corrected chi connectivity index (χ1v) is 8.40. The highest BCUT2D eigenvalue weighted by atomic mass is 35.5. The molecule has 0 spiro atoms. The summed E-state index contributed by atoms with van der Waals surface area (Å²) < 4.78 is 39.0. The van der Waals surface area contributed by atoms with E-state index in [1.807, 2.05) is 0 Å². The summed E-state index contributed by atoms with van der Waals surface area (Å²) in [6.07, 6.45) is -2.66. The lowest BCUT2D eigenvalue weighted by Gasteiger charge is -2.16. The van der Waals surface area contributed by atoms with Gasteiger partial charge in [0.25, 0.3) is 5.91 Å². The van der Waals surface area contributed by atoms with Crippen LogP contribution in [0.4, 0.5) is 24.7 Å². The third kappa shape index (κ3) is 4.07. The quantitative estimate of drug-likeness (QED) is 0.850. The predicted molar refractivity (Wildman–Crippen MR) is 91.6 cm³/mol. The van der Waals surface area contributed by atoms with Gasteiger partial charge in [0.15, 0.2) is 0 Å². The summed E-state index contributed by atoms with van der Waals surface area (Å²) in [6, 6.07) is 4.92. The van der Waals surface area contributed by atoms with Gasteiger partial charge in [0, 0.05) is 24.8 Å². The molecule has 2 aromatic rings. The summed E-state index contributed by atoms with van der Waals surface area (Å²) in [7, 11) is 0. The molecule has 1 aliphatic heterocycles. The normalized spacial score (nSPS) is 14.6. The van der Waals surface area contributed by atoms with Gasteiger partial charge in [-0.15, -0.1) is 0 Å². The Bertz CT molecular complexity index is 835. The van der Waals surface area contributed by atoms with Crippen LogP contribution in [0.5, 0.6) is 0 Å². The maximum absolute atomic E-state index is 13.0. The van der Waals surface area contributed by atoms with Gasteiger partial charge in [-0.3, -0.25) is 4.79 Å². The fourth-order valence-corrected chi connectivity index (χ4v) is 3.02. The fraction of sp³-hybridized carbons (Fsp3) is 0.353. The van der Waals surface area contributed by atoms with Gasteiger partial charge in [-0.2, -0.15) is 13.2 Å². The number of anilines is 2. The number of carbonyl (C=O) groups excluding carboxylic acids is 1. The van der Waals surface area contributed by atoms with Crippen LogP contribution in [0, 0.1) is 6.92 Å². The minimum absolute atomic E-state index is 0.166. The first-order valence-electron chi connectivity index (χ1n) is 8.03. The van der Waals surface area contributed by atoms with Crippen molar-refractivity contribution in [2.75, 3.05) is 18.4 Å². The molecular weight excluding hydrogens is 369 g/mol. The minimum atomic E-state index is -4.56. The summed E-state index contributed by atoms with van der Waals surface area (Å²) >= 11 is 5.62. The molecule has 1 fully saturated rings. The molecule has 1 aromatic carbocycles. The molecule has 26 heavy (non-hydrogen) atoms. The summed E-state index contributed by atoms with van der Waals surface area (Å²) in [5.74, 6) is 0.390. The Morgan fingerprint density at radius 1 is 1.19 bits per heavy atom. The number of hydrogen-bond acceptors (Lipinski definition) is 4. The number of likely N-dealkylation sites (tertiary alicyclic amines) is 1. The van der Waals surface area contributed by atoms with Gasteiger partial charge in [-0.25, -0.2) is 9.97 Å². The number of alkyl halides is 3. The molecule has 3 rings (SSSR count). The van der Waals surface area contributed by atoms with Gasteiger partial charge in [0.2, 0.25) is 0 Å². The lowest BCUT2D eigenvalue weighted by atomic mass is 10.2. The second-order valence-corrected chi connectivity index (χ2v) is 6.41. The summed E-state index contributed by atoms with van der Waals surface area (Å²) in [4.78, 5) is 22.5. The van der Waals surface area contributed by atoms with Crippen molar-refractivity contribution in [2.24, 2.45) is 0 Å². The van der Waals surface area contributed by atoms with Gasteiger partial charge in [0.05, 0.1) is 10.6 Å². The van der Waals surface area contributed by atoms with Crippen LogP contribution in [0.3, 0.4) is 0 Å². The number of rotatable bonds is 3. The van der Waals surface area contributed by atoms with Gasteiger partial charge >= 0.3 is 6.18 Å². The Hall–Kier alpha value is -2.35. The number of hydrogen-bond donors (Lipinski definition) is 1. The highest BCUT2D eigenvalue weighted by molar-refractivity contribution is 6.31. The van der Waals surface area contributed by atoms with Crippen molar-refractivity contribution in [2.45, 2.75) is 25.9 Å². The average molecular weight is 385 g/mol. The van der Waals surface area contributed by atoms with E-state index in [0.29, 0.717) is 18.9 Å². The molecular formula is C17H16ClF3N4O. The van der Waals surface area contributed by atoms with Crippen LogP contribution >= 0.6 is 11.6 Å². The Morgan fingerprint density at radius 2 is 1.88 bits per heavy atom. The van der Waals surface area contributed by atoms with E-state index < -0.39 is 11.7 Å². The molecule has 5 nitrogen and oxygen atoms in total. The number of aryl methyl sites for hydroxylation is 1. The molecule has 2 heterocycles. The van der Waals surface area contributed by atoms with Crippen LogP contribution in [0.25, 0.3) is 0 Å². The van der Waals surface area contributed by atoms with Gasteiger partial charge in [0.1, 0.15) is 17.3 Å². The number of nitrogens with zero attached hydrogens (tertiary/aromatic N) is 3. The lowest BCUT2D eigenvalue weighted by Crippen LogP contribution is -2.28. The van der Waals surface area contributed by atoms with E-state index in [4.69, 9.17) is 11.6 Å². The third-order valence-corrected chi connectivity index (χ3v) is 4.32. The maximum atomic E-state index is 13.0. The minimum Gasteiger partial charge on any atom is -0.340 e. The second-order valence-electron chi connectivity index (χ2n) is 6.00. The molecule has 0 radical (unpaired) electrons. The van der Waals surface area contributed by atoms with Crippen molar-refractivity contribution in [1.82, 2.24) is 14.9 Å². The number of carbonyl (C=O) groups is 1. The van der Waals surface area contributed by atoms with Gasteiger partial charge in [-0.05, 0) is 38.0 Å². The van der Waals surface area contributed by atoms with E-state index in [0.717, 1.165) is 25.0 Å². The summed E-state index contributed by atoms with van der Waals surface area (Å²) in [5.41, 5.74) is -0.561. The first-order chi connectivity index (χ1) is 12.2. The predicted octanol–water partition coefficient (Wildman–Crippen LogP) is 4.44. The van der Waals surface area contributed by atoms with E-state index in [1.54, 1.807) is 11.8 Å². The zero-order chi connectivity index (χ0) is 18.9. The molecule has 1 aliphatic rings. The second kappa shape index (κ2) is 7.11. The molecule has 1 saturated heterocycles. The molecule has 0 atom stereocenters. The fourth-order valence-electron chi connectivity index (χ4n) is 2.79. The zero-order valence-electron chi connectivity index (χ0n) is 13.9. The Kier molecular flexibility index (Phi) is 5.04. The molecule has 0 aliphatic carbocycles. The molecule has 0 unspecified atom stereocenters. The number of nitrogens with one attached hydrogen (secondary N) is 1. The Morgan fingerprint density at radius 3 is 2.54 bits per heavy atom. The zero-order valence-corrected chi connectivity index (χ0v) is 14.7. The van der Waals surface area contributed by atoms with Crippen LogP contribution in [-0.2, 0) is 6.18 Å². The first kappa shape index (κ1) is 18.4. The summed E-state index contributed by atoms with van der Waals surface area (Å²) in [5, 5.41) is 2.41. The van der Waals surface area contributed by atoms with Crippen LogP contribution in [-0.4, -0.2) is 33.9 Å². The van der Waals surface area contributed by atoms with Gasteiger partial charge < -0.3 is 10.2 Å². The molecule has 1 N–H and O–H groups in total. The molecule has 138 valence electrons. The Labute approximate surface area is 153 Å². The average Bonchev–Trinajstić information content (AvgIpc) is 3.09. The van der Waals surface area contributed by atoms with Crippen LogP contribution in [0.2, 0.25) is 5.02 Å². The van der Waals surface area contributed by atoms with Crippen molar-refractivity contribution in [1.29, 1.82) is 0 Å². The van der Waals surface area contributed by atoms with Gasteiger partial charge in [-0.1, -0.05) is 11.6 Å². The largest absolute Gasteiger partial charge is 0.417 e. The maximum Gasteiger partial charge on any atom is 0.417 e. The van der Waals surface area contributed by atoms with E-state index in [-0.39, 0.29) is 28.1 Å². The van der Waals surface area contributed by atoms with Crippen molar-refractivity contribution < 1.29 is 18.0 Å². The highest BCUT2D eigenvalue weighted by Gasteiger charge is 2.33. The molecule has 9 heteroatoms. The van der Waals surface area contributed by atoms with E-state index >= 15 is 0 Å². The molecule has 1 aromatic heterocycles.